The zero-order chi connectivity index (χ0) is 18.3. The van der Waals surface area contributed by atoms with Crippen LogP contribution in [-0.2, 0) is 4.74 Å². The van der Waals surface area contributed by atoms with Crippen LogP contribution in [0.25, 0.3) is 11.2 Å². The van der Waals surface area contributed by atoms with E-state index in [2.05, 4.69) is 20.3 Å². The fraction of sp³-hybridized carbons (Fsp3) is 0.353. The summed E-state index contributed by atoms with van der Waals surface area (Å²) in [6.07, 6.45) is -1.28. The van der Waals surface area contributed by atoms with E-state index in [1.807, 2.05) is 31.2 Å². The fourth-order valence-corrected chi connectivity index (χ4v) is 3.01. The smallest absolute Gasteiger partial charge is 0.167 e. The molecule has 3 heterocycles. The van der Waals surface area contributed by atoms with Gasteiger partial charge in [0.05, 0.1) is 12.9 Å². The number of fused-ring (bicyclic) bond motifs is 1. The average Bonchev–Trinajstić information content (AvgIpc) is 3.19. The van der Waals surface area contributed by atoms with Gasteiger partial charge in [-0.15, -0.1) is 0 Å². The molecule has 0 unspecified atom stereocenters. The predicted molar refractivity (Wildman–Crippen MR) is 92.8 cm³/mol. The summed E-state index contributed by atoms with van der Waals surface area (Å²) in [4.78, 5) is 12.8. The summed E-state index contributed by atoms with van der Waals surface area (Å²) in [6, 6.07) is 7.84. The number of nitrogens with zero attached hydrogens (tertiary/aromatic N) is 4. The maximum absolute atomic E-state index is 10.2. The van der Waals surface area contributed by atoms with E-state index in [0.717, 1.165) is 11.3 Å². The number of hydrogen-bond acceptors (Lipinski definition) is 8. The highest BCUT2D eigenvalue weighted by atomic mass is 16.6. The van der Waals surface area contributed by atoms with E-state index >= 15 is 0 Å². The lowest BCUT2D eigenvalue weighted by molar-refractivity contribution is -0.0511. The highest BCUT2D eigenvalue weighted by Gasteiger charge is 2.44. The van der Waals surface area contributed by atoms with E-state index in [1.165, 1.54) is 17.2 Å². The molecule has 1 saturated heterocycles. The van der Waals surface area contributed by atoms with Gasteiger partial charge in [0.25, 0.3) is 0 Å². The summed E-state index contributed by atoms with van der Waals surface area (Å²) in [7, 11) is 0. The predicted octanol–water partition coefficient (Wildman–Crippen LogP) is 0.490. The molecular formula is C17H19N5O4. The fourth-order valence-electron chi connectivity index (χ4n) is 3.01. The van der Waals surface area contributed by atoms with Gasteiger partial charge in [0.1, 0.15) is 24.6 Å². The van der Waals surface area contributed by atoms with Gasteiger partial charge in [0.2, 0.25) is 0 Å². The molecule has 9 nitrogen and oxygen atoms in total. The third-order valence-corrected chi connectivity index (χ3v) is 4.46. The van der Waals surface area contributed by atoms with Crippen LogP contribution in [0, 0.1) is 6.92 Å². The first kappa shape index (κ1) is 16.9. The number of aliphatic hydroxyl groups excluding tert-OH is 3. The lowest BCUT2D eigenvalue weighted by Gasteiger charge is -2.16. The first-order chi connectivity index (χ1) is 12.6. The molecule has 4 atom stereocenters. The van der Waals surface area contributed by atoms with Crippen molar-refractivity contribution in [2.75, 3.05) is 11.9 Å². The topological polar surface area (TPSA) is 126 Å². The second-order valence-electron chi connectivity index (χ2n) is 6.27. The molecule has 1 aliphatic heterocycles. The quantitative estimate of drug-likeness (QED) is 0.532. The molecule has 1 aliphatic rings. The van der Waals surface area contributed by atoms with Crippen LogP contribution in [0.15, 0.2) is 36.9 Å². The van der Waals surface area contributed by atoms with Crippen LogP contribution in [0.4, 0.5) is 11.5 Å². The zero-order valence-corrected chi connectivity index (χ0v) is 14.0. The number of aliphatic hydroxyl groups is 3. The van der Waals surface area contributed by atoms with Gasteiger partial charge in [-0.25, -0.2) is 15.0 Å². The van der Waals surface area contributed by atoms with Crippen molar-refractivity contribution in [3.63, 3.8) is 0 Å². The van der Waals surface area contributed by atoms with Gasteiger partial charge in [-0.05, 0) is 19.1 Å². The monoisotopic (exact) mass is 357 g/mol. The Morgan fingerprint density at radius 2 is 1.88 bits per heavy atom. The Hall–Kier alpha value is -2.59. The standard InChI is InChI=1S/C17H19N5O4/c1-9-2-4-10(5-3-9)21-15-12-16(19-7-18-15)22(8-20-12)17-14(25)13(24)11(6-23)26-17/h2-5,7-8,11,13-14,17,23-25H,6H2,1H3,(H,18,19,21)/t11-,13+,14-,17-/m0/s1. The minimum atomic E-state index is -1.20. The lowest BCUT2D eigenvalue weighted by atomic mass is 10.1. The molecule has 1 aromatic carbocycles. The van der Waals surface area contributed by atoms with Crippen LogP contribution in [0.2, 0.25) is 0 Å². The highest BCUT2D eigenvalue weighted by molar-refractivity contribution is 5.85. The number of hydrogen-bond donors (Lipinski definition) is 4. The van der Waals surface area contributed by atoms with E-state index in [4.69, 9.17) is 4.74 Å². The summed E-state index contributed by atoms with van der Waals surface area (Å²) in [5.74, 6) is 0.518. The van der Waals surface area contributed by atoms with Crippen molar-refractivity contribution in [3.05, 3.63) is 42.5 Å². The summed E-state index contributed by atoms with van der Waals surface area (Å²) in [5.41, 5.74) is 2.96. The number of nitrogens with one attached hydrogen (secondary N) is 1. The first-order valence-corrected chi connectivity index (χ1v) is 8.22. The molecule has 1 fully saturated rings. The number of ether oxygens (including phenoxy) is 1. The normalized spacial score (nSPS) is 25.7. The number of imidazole rings is 1. The van der Waals surface area contributed by atoms with E-state index in [1.54, 1.807) is 0 Å². The van der Waals surface area contributed by atoms with E-state index in [9.17, 15) is 15.3 Å². The van der Waals surface area contributed by atoms with Crippen LogP contribution in [0.5, 0.6) is 0 Å². The summed E-state index contributed by atoms with van der Waals surface area (Å²) in [5, 5.41) is 32.6. The van der Waals surface area contributed by atoms with Gasteiger partial charge in [-0.1, -0.05) is 17.7 Å². The van der Waals surface area contributed by atoms with Crippen LogP contribution in [-0.4, -0.2) is 59.8 Å². The second-order valence-corrected chi connectivity index (χ2v) is 6.27. The number of aryl methyl sites for hydroxylation is 1. The summed E-state index contributed by atoms with van der Waals surface area (Å²) < 4.78 is 7.08. The summed E-state index contributed by atoms with van der Waals surface area (Å²) >= 11 is 0. The molecule has 0 spiro atoms. The number of benzene rings is 1. The van der Waals surface area contributed by atoms with Gasteiger partial charge in [0, 0.05) is 5.69 Å². The minimum Gasteiger partial charge on any atom is -0.394 e. The Labute approximate surface area is 148 Å². The van der Waals surface area contributed by atoms with E-state index in [-0.39, 0.29) is 0 Å². The van der Waals surface area contributed by atoms with Gasteiger partial charge in [-0.2, -0.15) is 0 Å². The van der Waals surface area contributed by atoms with Crippen molar-refractivity contribution >= 4 is 22.7 Å². The van der Waals surface area contributed by atoms with Crippen molar-refractivity contribution in [3.8, 4) is 0 Å². The third kappa shape index (κ3) is 2.80. The van der Waals surface area contributed by atoms with E-state index in [0.29, 0.717) is 17.0 Å². The molecule has 26 heavy (non-hydrogen) atoms. The zero-order valence-electron chi connectivity index (χ0n) is 14.0. The van der Waals surface area contributed by atoms with Crippen LogP contribution < -0.4 is 5.32 Å². The molecule has 136 valence electrons. The van der Waals surface area contributed by atoms with Crippen molar-refractivity contribution in [1.29, 1.82) is 0 Å². The molecule has 0 radical (unpaired) electrons. The SMILES string of the molecule is Cc1ccc(Nc2ncnc3c2ncn3[C@H]2O[C@@H](CO)[C@@H](O)[C@@H]2O)cc1. The Bertz CT molecular complexity index is 913. The number of rotatable bonds is 4. The molecule has 2 aromatic heterocycles. The highest BCUT2D eigenvalue weighted by Crippen LogP contribution is 2.32. The molecule has 0 aliphatic carbocycles. The minimum absolute atomic E-state index is 0.392. The first-order valence-electron chi connectivity index (χ1n) is 8.22. The van der Waals surface area contributed by atoms with Crippen molar-refractivity contribution in [1.82, 2.24) is 19.5 Å². The molecule has 4 N–H and O–H groups in total. The maximum Gasteiger partial charge on any atom is 0.167 e. The molecule has 0 amide bonds. The van der Waals surface area contributed by atoms with Gasteiger partial charge >= 0.3 is 0 Å². The maximum atomic E-state index is 10.2. The van der Waals surface area contributed by atoms with Crippen molar-refractivity contribution < 1.29 is 20.1 Å². The Kier molecular flexibility index (Phi) is 4.29. The summed E-state index contributed by atoms with van der Waals surface area (Å²) in [6.45, 7) is 1.62. The van der Waals surface area contributed by atoms with Gasteiger partial charge in [-0.3, -0.25) is 4.57 Å². The van der Waals surface area contributed by atoms with Gasteiger partial charge in [0.15, 0.2) is 23.2 Å². The van der Waals surface area contributed by atoms with E-state index < -0.39 is 31.1 Å². The van der Waals surface area contributed by atoms with Gasteiger partial charge < -0.3 is 25.4 Å². The van der Waals surface area contributed by atoms with Crippen LogP contribution in [0.1, 0.15) is 11.8 Å². The number of aromatic nitrogens is 4. The Morgan fingerprint density at radius 1 is 1.12 bits per heavy atom. The van der Waals surface area contributed by atoms with Crippen LogP contribution in [0.3, 0.4) is 0 Å². The lowest BCUT2D eigenvalue weighted by Crippen LogP contribution is -2.33. The molecule has 0 saturated carbocycles. The Morgan fingerprint density at radius 3 is 2.58 bits per heavy atom. The van der Waals surface area contributed by atoms with Crippen LogP contribution >= 0.6 is 0 Å². The molecule has 9 heteroatoms. The molecule has 4 rings (SSSR count). The number of anilines is 2. The molecule has 3 aromatic rings. The molecular weight excluding hydrogens is 338 g/mol. The van der Waals surface area contributed by atoms with Crippen molar-refractivity contribution in [2.45, 2.75) is 31.5 Å². The Balaban J connectivity index is 1.68. The average molecular weight is 357 g/mol. The van der Waals surface area contributed by atoms with Crippen molar-refractivity contribution in [2.24, 2.45) is 0 Å². The molecule has 0 bridgehead atoms. The third-order valence-electron chi connectivity index (χ3n) is 4.46. The second kappa shape index (κ2) is 6.61. The largest absolute Gasteiger partial charge is 0.394 e.